The Labute approximate surface area is 126 Å². The Kier molecular flexibility index (Phi) is 5.24. The van der Waals surface area contributed by atoms with Gasteiger partial charge in [0.25, 0.3) is 0 Å². The van der Waals surface area contributed by atoms with E-state index in [1.807, 2.05) is 0 Å². The summed E-state index contributed by atoms with van der Waals surface area (Å²) in [5.41, 5.74) is 0.0546. The zero-order valence-electron chi connectivity index (χ0n) is 13.5. The standard InChI is InChI=1S/C16H29F3N2/c1-12(2)9-14-10-21(8-4-7-16(17,18)19)15(3,11-20-14)13-5-6-13/h12-14,20H,4-11H2,1-3H3. The van der Waals surface area contributed by atoms with Crippen molar-refractivity contribution in [1.29, 1.82) is 0 Å². The quantitative estimate of drug-likeness (QED) is 0.802. The molecular weight excluding hydrogens is 277 g/mol. The van der Waals surface area contributed by atoms with E-state index in [0.717, 1.165) is 19.5 Å². The van der Waals surface area contributed by atoms with E-state index in [1.54, 1.807) is 0 Å². The van der Waals surface area contributed by atoms with Crippen molar-refractivity contribution < 1.29 is 13.2 Å². The molecule has 0 bridgehead atoms. The summed E-state index contributed by atoms with van der Waals surface area (Å²) < 4.78 is 37.2. The minimum Gasteiger partial charge on any atom is -0.311 e. The second-order valence-corrected chi connectivity index (χ2v) is 7.50. The fourth-order valence-electron chi connectivity index (χ4n) is 3.65. The first-order valence-electron chi connectivity index (χ1n) is 8.26. The van der Waals surface area contributed by atoms with Crippen LogP contribution in [0.15, 0.2) is 0 Å². The lowest BCUT2D eigenvalue weighted by Crippen LogP contribution is -2.64. The first kappa shape index (κ1) is 17.1. The van der Waals surface area contributed by atoms with Gasteiger partial charge in [-0.3, -0.25) is 4.90 Å². The number of piperazine rings is 1. The summed E-state index contributed by atoms with van der Waals surface area (Å²) in [5, 5.41) is 3.64. The van der Waals surface area contributed by atoms with Gasteiger partial charge in [-0.2, -0.15) is 13.2 Å². The van der Waals surface area contributed by atoms with E-state index in [0.29, 0.717) is 24.4 Å². The van der Waals surface area contributed by atoms with E-state index in [4.69, 9.17) is 0 Å². The third kappa shape index (κ3) is 4.85. The van der Waals surface area contributed by atoms with Crippen LogP contribution >= 0.6 is 0 Å². The maximum absolute atomic E-state index is 12.4. The topological polar surface area (TPSA) is 15.3 Å². The number of hydrogen-bond donors (Lipinski definition) is 1. The van der Waals surface area contributed by atoms with E-state index < -0.39 is 12.6 Å². The Morgan fingerprint density at radius 3 is 2.48 bits per heavy atom. The van der Waals surface area contributed by atoms with Crippen LogP contribution in [-0.2, 0) is 0 Å². The van der Waals surface area contributed by atoms with Crippen molar-refractivity contribution in [2.75, 3.05) is 19.6 Å². The summed E-state index contributed by atoms with van der Waals surface area (Å²) in [6, 6.07) is 0.419. The lowest BCUT2D eigenvalue weighted by Gasteiger charge is -2.49. The van der Waals surface area contributed by atoms with Gasteiger partial charge in [0, 0.05) is 31.1 Å². The molecule has 1 aliphatic heterocycles. The Morgan fingerprint density at radius 1 is 1.29 bits per heavy atom. The molecule has 124 valence electrons. The first-order valence-corrected chi connectivity index (χ1v) is 8.26. The molecule has 21 heavy (non-hydrogen) atoms. The number of nitrogens with one attached hydrogen (secondary N) is 1. The third-order valence-electron chi connectivity index (χ3n) is 5.01. The normalized spacial score (nSPS) is 31.9. The molecule has 2 unspecified atom stereocenters. The van der Waals surface area contributed by atoms with E-state index in [-0.39, 0.29) is 12.0 Å². The zero-order chi connectivity index (χ0) is 15.7. The van der Waals surface area contributed by atoms with Gasteiger partial charge in [-0.25, -0.2) is 0 Å². The van der Waals surface area contributed by atoms with Crippen LogP contribution in [-0.4, -0.2) is 42.3 Å². The van der Waals surface area contributed by atoms with Crippen LogP contribution in [0.5, 0.6) is 0 Å². The van der Waals surface area contributed by atoms with Gasteiger partial charge >= 0.3 is 6.18 Å². The highest BCUT2D eigenvalue weighted by atomic mass is 19.4. The van der Waals surface area contributed by atoms with Crippen LogP contribution < -0.4 is 5.32 Å². The van der Waals surface area contributed by atoms with Crippen molar-refractivity contribution in [2.24, 2.45) is 11.8 Å². The molecule has 0 aromatic rings. The lowest BCUT2D eigenvalue weighted by atomic mass is 9.87. The minimum absolute atomic E-state index is 0.0546. The molecule has 0 aromatic heterocycles. The monoisotopic (exact) mass is 306 g/mol. The summed E-state index contributed by atoms with van der Waals surface area (Å²) in [7, 11) is 0. The van der Waals surface area contributed by atoms with Crippen molar-refractivity contribution >= 4 is 0 Å². The summed E-state index contributed by atoms with van der Waals surface area (Å²) in [4.78, 5) is 2.35. The van der Waals surface area contributed by atoms with Gasteiger partial charge in [0.15, 0.2) is 0 Å². The van der Waals surface area contributed by atoms with Crippen molar-refractivity contribution in [3.63, 3.8) is 0 Å². The molecule has 2 fully saturated rings. The molecule has 2 rings (SSSR count). The summed E-state index contributed by atoms with van der Waals surface area (Å²) in [6.07, 6.45) is -0.920. The fraction of sp³-hybridized carbons (Fsp3) is 1.00. The number of rotatable bonds is 6. The molecule has 0 radical (unpaired) electrons. The molecule has 2 nitrogen and oxygen atoms in total. The minimum atomic E-state index is -4.03. The Bertz CT molecular complexity index is 339. The molecule has 2 atom stereocenters. The van der Waals surface area contributed by atoms with Crippen LogP contribution in [0, 0.1) is 11.8 Å². The van der Waals surface area contributed by atoms with E-state index in [1.165, 1.54) is 12.8 Å². The number of hydrogen-bond acceptors (Lipinski definition) is 2. The van der Waals surface area contributed by atoms with E-state index >= 15 is 0 Å². The number of alkyl halides is 3. The Morgan fingerprint density at radius 2 is 1.95 bits per heavy atom. The highest BCUT2D eigenvalue weighted by molar-refractivity contribution is 5.04. The average Bonchev–Trinajstić information content (AvgIpc) is 3.15. The first-order chi connectivity index (χ1) is 9.71. The van der Waals surface area contributed by atoms with Gasteiger partial charge in [0.05, 0.1) is 0 Å². The Balaban J connectivity index is 1.93. The molecule has 1 aliphatic carbocycles. The summed E-state index contributed by atoms with van der Waals surface area (Å²) in [5.74, 6) is 1.28. The van der Waals surface area contributed by atoms with Crippen LogP contribution in [0.25, 0.3) is 0 Å². The number of nitrogens with zero attached hydrogens (tertiary/aromatic N) is 1. The molecular formula is C16H29F3N2. The average molecular weight is 306 g/mol. The second-order valence-electron chi connectivity index (χ2n) is 7.50. The molecule has 1 saturated heterocycles. The molecule has 2 aliphatic rings. The van der Waals surface area contributed by atoms with Gasteiger partial charge < -0.3 is 5.32 Å². The second kappa shape index (κ2) is 6.45. The van der Waals surface area contributed by atoms with Gasteiger partial charge in [0.2, 0.25) is 0 Å². The van der Waals surface area contributed by atoms with Gasteiger partial charge in [0.1, 0.15) is 0 Å². The van der Waals surface area contributed by atoms with E-state index in [9.17, 15) is 13.2 Å². The van der Waals surface area contributed by atoms with Crippen LogP contribution in [0.1, 0.15) is 52.9 Å². The predicted molar refractivity (Wildman–Crippen MR) is 79.2 cm³/mol. The molecule has 5 heteroatoms. The van der Waals surface area contributed by atoms with Crippen molar-refractivity contribution in [2.45, 2.75) is 70.6 Å². The number of halogens is 3. The van der Waals surface area contributed by atoms with Gasteiger partial charge in [-0.05, 0) is 51.0 Å². The third-order valence-corrected chi connectivity index (χ3v) is 5.01. The summed E-state index contributed by atoms with van der Waals surface area (Å²) in [6.45, 7) is 9.01. The van der Waals surface area contributed by atoms with Crippen LogP contribution in [0.4, 0.5) is 13.2 Å². The molecule has 0 amide bonds. The van der Waals surface area contributed by atoms with Crippen molar-refractivity contribution in [3.05, 3.63) is 0 Å². The fourth-order valence-corrected chi connectivity index (χ4v) is 3.65. The molecule has 0 aromatic carbocycles. The molecule has 1 heterocycles. The van der Waals surface area contributed by atoms with Crippen molar-refractivity contribution in [1.82, 2.24) is 10.2 Å². The molecule has 1 N–H and O–H groups in total. The molecule has 0 spiro atoms. The zero-order valence-corrected chi connectivity index (χ0v) is 13.5. The highest BCUT2D eigenvalue weighted by Gasteiger charge is 2.48. The van der Waals surface area contributed by atoms with Crippen LogP contribution in [0.3, 0.4) is 0 Å². The Hall–Kier alpha value is -0.290. The van der Waals surface area contributed by atoms with Gasteiger partial charge in [-0.15, -0.1) is 0 Å². The highest BCUT2D eigenvalue weighted by Crippen LogP contribution is 2.44. The maximum atomic E-state index is 12.4. The maximum Gasteiger partial charge on any atom is 0.389 e. The SMILES string of the molecule is CC(C)CC1CN(CCCC(F)(F)F)C(C)(C2CC2)CN1. The van der Waals surface area contributed by atoms with E-state index in [2.05, 4.69) is 31.0 Å². The predicted octanol–water partition coefficient (Wildman–Crippen LogP) is 3.82. The van der Waals surface area contributed by atoms with Crippen molar-refractivity contribution in [3.8, 4) is 0 Å². The summed E-state index contributed by atoms with van der Waals surface area (Å²) >= 11 is 0. The molecule has 1 saturated carbocycles. The lowest BCUT2D eigenvalue weighted by molar-refractivity contribution is -0.137. The smallest absolute Gasteiger partial charge is 0.311 e. The largest absolute Gasteiger partial charge is 0.389 e. The van der Waals surface area contributed by atoms with Crippen LogP contribution in [0.2, 0.25) is 0 Å². The van der Waals surface area contributed by atoms with Gasteiger partial charge in [-0.1, -0.05) is 13.8 Å².